The number of amides is 3. The monoisotopic (exact) mass is 394 g/mol. The van der Waals surface area contributed by atoms with Crippen LogP contribution in [0.2, 0.25) is 5.02 Å². The van der Waals surface area contributed by atoms with Gasteiger partial charge in [0.2, 0.25) is 17.7 Å². The predicted molar refractivity (Wildman–Crippen MR) is 108 cm³/mol. The summed E-state index contributed by atoms with van der Waals surface area (Å²) in [6.07, 6.45) is 5.32. The van der Waals surface area contributed by atoms with Crippen LogP contribution in [0.4, 0.5) is 11.4 Å². The van der Waals surface area contributed by atoms with E-state index >= 15 is 0 Å². The van der Waals surface area contributed by atoms with E-state index in [4.69, 9.17) is 11.6 Å². The molecule has 1 saturated heterocycles. The molecule has 1 aliphatic carbocycles. The minimum atomic E-state index is -0.290. The van der Waals surface area contributed by atoms with Gasteiger partial charge in [-0.2, -0.15) is 0 Å². The van der Waals surface area contributed by atoms with Gasteiger partial charge in [0.25, 0.3) is 0 Å². The highest BCUT2D eigenvalue weighted by atomic mass is 35.5. The van der Waals surface area contributed by atoms with Gasteiger partial charge in [0.05, 0.1) is 34.7 Å². The molecule has 0 bridgehead atoms. The molecule has 142 valence electrons. The molecule has 4 rings (SSSR count). The number of anilines is 2. The molecular formula is C22H19ClN2O3. The molecule has 28 heavy (non-hydrogen) atoms. The first kappa shape index (κ1) is 18.4. The minimum absolute atomic E-state index is 0.184. The Morgan fingerprint density at radius 2 is 1.64 bits per heavy atom. The third-order valence-corrected chi connectivity index (χ3v) is 5.51. The Kier molecular flexibility index (Phi) is 5.01. The molecule has 2 atom stereocenters. The highest BCUT2D eigenvalue weighted by Crippen LogP contribution is 2.39. The van der Waals surface area contributed by atoms with Crippen LogP contribution in [0.3, 0.4) is 0 Å². The Morgan fingerprint density at radius 1 is 1.00 bits per heavy atom. The lowest BCUT2D eigenvalue weighted by Crippen LogP contribution is -2.30. The van der Waals surface area contributed by atoms with Crippen molar-refractivity contribution >= 4 is 40.7 Å². The number of carbonyl (C=O) groups is 3. The van der Waals surface area contributed by atoms with E-state index in [1.807, 2.05) is 42.5 Å². The maximum atomic E-state index is 12.7. The summed E-state index contributed by atoms with van der Waals surface area (Å²) in [5.41, 5.74) is 1.79. The van der Waals surface area contributed by atoms with Crippen LogP contribution >= 0.6 is 11.6 Å². The Balaban J connectivity index is 1.50. The van der Waals surface area contributed by atoms with Gasteiger partial charge in [-0.15, -0.1) is 0 Å². The van der Waals surface area contributed by atoms with Gasteiger partial charge in [-0.25, -0.2) is 4.90 Å². The summed E-state index contributed by atoms with van der Waals surface area (Å²) in [6.45, 7) is 0. The third kappa shape index (κ3) is 3.45. The topological polar surface area (TPSA) is 66.5 Å². The molecule has 1 fully saturated rings. The summed E-state index contributed by atoms with van der Waals surface area (Å²) in [7, 11) is 0. The fourth-order valence-electron chi connectivity index (χ4n) is 3.77. The number of rotatable bonds is 4. The normalized spacial score (nSPS) is 21.0. The van der Waals surface area contributed by atoms with Gasteiger partial charge in [0.15, 0.2) is 0 Å². The quantitative estimate of drug-likeness (QED) is 0.630. The van der Waals surface area contributed by atoms with Gasteiger partial charge in [-0.05, 0) is 36.6 Å². The van der Waals surface area contributed by atoms with Gasteiger partial charge in [0.1, 0.15) is 0 Å². The summed E-state index contributed by atoms with van der Waals surface area (Å²) in [4.78, 5) is 38.9. The zero-order valence-electron chi connectivity index (χ0n) is 15.1. The van der Waals surface area contributed by atoms with E-state index in [2.05, 4.69) is 5.32 Å². The number of fused-ring (bicyclic) bond motifs is 1. The Bertz CT molecular complexity index is 945. The maximum Gasteiger partial charge on any atom is 0.238 e. The second-order valence-corrected chi connectivity index (χ2v) is 7.45. The molecule has 6 heteroatoms. The average molecular weight is 395 g/mol. The van der Waals surface area contributed by atoms with Crippen LogP contribution in [0.15, 0.2) is 60.7 Å². The van der Waals surface area contributed by atoms with Gasteiger partial charge in [-0.3, -0.25) is 14.4 Å². The first-order valence-corrected chi connectivity index (χ1v) is 9.58. The van der Waals surface area contributed by atoms with Crippen molar-refractivity contribution < 1.29 is 14.4 Å². The highest BCUT2D eigenvalue weighted by molar-refractivity contribution is 6.34. The zero-order chi connectivity index (χ0) is 19.7. The third-order valence-electron chi connectivity index (χ3n) is 5.20. The van der Waals surface area contributed by atoms with E-state index in [0.717, 1.165) is 5.56 Å². The first-order chi connectivity index (χ1) is 13.5. The number of imide groups is 1. The van der Waals surface area contributed by atoms with E-state index in [-0.39, 0.29) is 41.0 Å². The maximum absolute atomic E-state index is 12.7. The standard InChI is InChI=1S/C22H19ClN2O3/c23-18-13-15(25-21(27)16-8-4-5-9-17(16)22(25)28)10-11-19(18)24-20(26)12-14-6-2-1-3-7-14/h1-7,10-11,13,16-17H,8-9,12H2,(H,24,26)/t16-,17+. The van der Waals surface area contributed by atoms with E-state index in [9.17, 15) is 14.4 Å². The highest BCUT2D eigenvalue weighted by Gasteiger charge is 2.47. The average Bonchev–Trinajstić information content (AvgIpc) is 2.95. The molecule has 1 aliphatic heterocycles. The lowest BCUT2D eigenvalue weighted by Gasteiger charge is -2.16. The molecule has 0 unspecified atom stereocenters. The largest absolute Gasteiger partial charge is 0.324 e. The number of benzene rings is 2. The van der Waals surface area contributed by atoms with Crippen molar-refractivity contribution in [1.82, 2.24) is 0 Å². The van der Waals surface area contributed by atoms with Crippen LogP contribution in [0, 0.1) is 11.8 Å². The van der Waals surface area contributed by atoms with Crippen molar-refractivity contribution in [3.63, 3.8) is 0 Å². The fourth-order valence-corrected chi connectivity index (χ4v) is 4.00. The minimum Gasteiger partial charge on any atom is -0.324 e. The van der Waals surface area contributed by atoms with Gasteiger partial charge in [0, 0.05) is 0 Å². The molecule has 0 saturated carbocycles. The SMILES string of the molecule is O=C(Cc1ccccc1)Nc1ccc(N2C(=O)[C@H]3CC=CC[C@H]3C2=O)cc1Cl. The molecular weight excluding hydrogens is 376 g/mol. The summed E-state index contributed by atoms with van der Waals surface area (Å²) in [5.74, 6) is -1.14. The second-order valence-electron chi connectivity index (χ2n) is 7.04. The van der Waals surface area contributed by atoms with Crippen molar-refractivity contribution in [3.8, 4) is 0 Å². The van der Waals surface area contributed by atoms with Crippen molar-refractivity contribution in [1.29, 1.82) is 0 Å². The first-order valence-electron chi connectivity index (χ1n) is 9.21. The van der Waals surface area contributed by atoms with Crippen LogP contribution in [0.5, 0.6) is 0 Å². The lowest BCUT2D eigenvalue weighted by molar-refractivity contribution is -0.122. The molecule has 2 aromatic rings. The predicted octanol–water partition coefficient (Wildman–Crippen LogP) is 3.98. The number of nitrogens with zero attached hydrogens (tertiary/aromatic N) is 1. The van der Waals surface area contributed by atoms with E-state index < -0.39 is 0 Å². The molecule has 2 aliphatic rings. The van der Waals surface area contributed by atoms with Gasteiger partial charge in [-0.1, -0.05) is 54.1 Å². The summed E-state index contributed by atoms with van der Waals surface area (Å²) < 4.78 is 0. The van der Waals surface area contributed by atoms with Crippen molar-refractivity contribution in [2.75, 3.05) is 10.2 Å². The number of allylic oxidation sites excluding steroid dienone is 2. The zero-order valence-corrected chi connectivity index (χ0v) is 15.9. The number of hydrogen-bond acceptors (Lipinski definition) is 3. The Morgan fingerprint density at radius 3 is 2.25 bits per heavy atom. The number of nitrogens with one attached hydrogen (secondary N) is 1. The lowest BCUT2D eigenvalue weighted by atomic mass is 9.85. The number of carbonyl (C=O) groups excluding carboxylic acids is 3. The van der Waals surface area contributed by atoms with Crippen molar-refractivity contribution in [3.05, 3.63) is 71.3 Å². The summed E-state index contributed by atoms with van der Waals surface area (Å²) in [5, 5.41) is 3.06. The summed E-state index contributed by atoms with van der Waals surface area (Å²) in [6, 6.07) is 14.2. The molecule has 0 spiro atoms. The second kappa shape index (κ2) is 7.60. The van der Waals surface area contributed by atoms with Crippen molar-refractivity contribution in [2.45, 2.75) is 19.3 Å². The fraction of sp³-hybridized carbons (Fsp3) is 0.227. The van der Waals surface area contributed by atoms with Crippen molar-refractivity contribution in [2.24, 2.45) is 11.8 Å². The number of hydrogen-bond donors (Lipinski definition) is 1. The smallest absolute Gasteiger partial charge is 0.238 e. The molecule has 1 N–H and O–H groups in total. The van der Waals surface area contributed by atoms with Gasteiger partial charge < -0.3 is 5.32 Å². The van der Waals surface area contributed by atoms with E-state index in [1.54, 1.807) is 18.2 Å². The Labute approximate surface area is 168 Å². The molecule has 0 radical (unpaired) electrons. The van der Waals surface area contributed by atoms with E-state index in [0.29, 0.717) is 24.2 Å². The van der Waals surface area contributed by atoms with E-state index in [1.165, 1.54) is 4.90 Å². The van der Waals surface area contributed by atoms with Crippen LogP contribution in [-0.2, 0) is 20.8 Å². The molecule has 2 aromatic carbocycles. The van der Waals surface area contributed by atoms with Crippen LogP contribution in [0.1, 0.15) is 18.4 Å². The van der Waals surface area contributed by atoms with Crippen LogP contribution in [0.25, 0.3) is 0 Å². The summed E-state index contributed by atoms with van der Waals surface area (Å²) >= 11 is 6.33. The molecule has 1 heterocycles. The van der Waals surface area contributed by atoms with Gasteiger partial charge >= 0.3 is 0 Å². The van der Waals surface area contributed by atoms with Crippen LogP contribution in [-0.4, -0.2) is 17.7 Å². The molecule has 5 nitrogen and oxygen atoms in total. The molecule has 0 aromatic heterocycles. The van der Waals surface area contributed by atoms with Crippen LogP contribution < -0.4 is 10.2 Å². The number of halogens is 1. The molecule has 3 amide bonds. The Hall–Kier alpha value is -2.92.